The number of hydrogen-bond acceptors (Lipinski definition) is 2. The largest absolute Gasteiger partial charge is 0.309 e. The average molecular weight is 731 g/mol. The molecule has 0 N–H and O–H groups in total. The van der Waals surface area contributed by atoms with E-state index < -0.39 is 0 Å². The van der Waals surface area contributed by atoms with Crippen molar-refractivity contribution in [2.24, 2.45) is 0 Å². The van der Waals surface area contributed by atoms with Gasteiger partial charge in [0.2, 0.25) is 0 Å². The van der Waals surface area contributed by atoms with Gasteiger partial charge in [0.1, 0.15) is 0 Å². The molecule has 0 saturated carbocycles. The Bertz CT molecular complexity index is 3330. The van der Waals surface area contributed by atoms with Gasteiger partial charge in [-0.2, -0.15) is 0 Å². The van der Waals surface area contributed by atoms with Gasteiger partial charge >= 0.3 is 0 Å². The van der Waals surface area contributed by atoms with Crippen LogP contribution in [0, 0.1) is 0 Å². The van der Waals surface area contributed by atoms with Crippen molar-refractivity contribution in [3.05, 3.63) is 205 Å². The van der Waals surface area contributed by atoms with Crippen LogP contribution < -0.4 is 4.90 Å². The first-order valence-corrected chi connectivity index (χ1v) is 20.1. The van der Waals surface area contributed by atoms with Gasteiger partial charge in [0, 0.05) is 43.3 Å². The molecule has 2 nitrogen and oxygen atoms in total. The zero-order valence-electron chi connectivity index (χ0n) is 30.5. The minimum Gasteiger partial charge on any atom is -0.309 e. The molecule has 3 heteroatoms. The summed E-state index contributed by atoms with van der Waals surface area (Å²) in [6.45, 7) is 0. The van der Waals surface area contributed by atoms with Crippen molar-refractivity contribution in [3.63, 3.8) is 0 Å². The maximum absolute atomic E-state index is 2.46. The SMILES string of the molecule is c1ccc2c(c1)Cc1cc(N(c3ccc(-c4ccc(-n5c6ccccc6c6c7ccccc7ccc65)cc4)cc3)c3cccc4c3sc3ccccc34)ccc1-2. The fourth-order valence-corrected chi connectivity index (χ4v) is 10.4. The summed E-state index contributed by atoms with van der Waals surface area (Å²) in [7, 11) is 0. The van der Waals surface area contributed by atoms with E-state index in [4.69, 9.17) is 0 Å². The van der Waals surface area contributed by atoms with E-state index in [9.17, 15) is 0 Å². The number of rotatable bonds is 5. The molecule has 12 rings (SSSR count). The zero-order chi connectivity index (χ0) is 36.7. The van der Waals surface area contributed by atoms with E-state index in [2.05, 4.69) is 204 Å². The van der Waals surface area contributed by atoms with Crippen molar-refractivity contribution < 1.29 is 0 Å². The molecule has 2 heterocycles. The lowest BCUT2D eigenvalue weighted by molar-refractivity contribution is 1.18. The fraction of sp³-hybridized carbons (Fsp3) is 0.0189. The van der Waals surface area contributed by atoms with Gasteiger partial charge in [-0.3, -0.25) is 0 Å². The number of benzene rings is 9. The summed E-state index contributed by atoms with van der Waals surface area (Å²) < 4.78 is 5.02. The Morgan fingerprint density at radius 3 is 2.00 bits per heavy atom. The molecule has 0 aliphatic heterocycles. The number of hydrogen-bond donors (Lipinski definition) is 0. The molecule has 1 aliphatic rings. The van der Waals surface area contributed by atoms with E-state index in [-0.39, 0.29) is 0 Å². The maximum Gasteiger partial charge on any atom is 0.0640 e. The van der Waals surface area contributed by atoms with Gasteiger partial charge in [0.05, 0.1) is 21.4 Å². The molecule has 2 aromatic heterocycles. The molecular weight excluding hydrogens is 697 g/mol. The van der Waals surface area contributed by atoms with Crippen molar-refractivity contribution in [2.45, 2.75) is 6.42 Å². The third-order valence-electron chi connectivity index (χ3n) is 11.8. The minimum atomic E-state index is 0.959. The van der Waals surface area contributed by atoms with Crippen LogP contribution >= 0.6 is 11.3 Å². The van der Waals surface area contributed by atoms with Crippen LogP contribution in [-0.4, -0.2) is 4.57 Å². The molecule has 0 saturated heterocycles. The molecule has 0 fully saturated rings. The molecule has 0 atom stereocenters. The standard InChI is InChI=1S/C53H34N2S/c1-4-13-44-36(10-1)24-31-49-52(44)47-15-5-7-17-48(47)55(49)40-27-22-35(23-28-40)34-20-25-39(26-21-34)54(41-29-30-43-38(33-41)32-37-11-2-3-12-42(37)43)50-18-9-16-46-45-14-6-8-19-51(45)56-53(46)50/h1-31,33H,32H2. The lowest BCUT2D eigenvalue weighted by Gasteiger charge is -2.27. The summed E-state index contributed by atoms with van der Waals surface area (Å²) >= 11 is 1.88. The normalized spacial score (nSPS) is 12.2. The van der Waals surface area contributed by atoms with Crippen molar-refractivity contribution in [1.82, 2.24) is 4.57 Å². The highest BCUT2D eigenvalue weighted by atomic mass is 32.1. The molecule has 0 unspecified atom stereocenters. The quantitative estimate of drug-likeness (QED) is 0.171. The van der Waals surface area contributed by atoms with Crippen molar-refractivity contribution in [1.29, 1.82) is 0 Å². The number of para-hydroxylation sites is 1. The van der Waals surface area contributed by atoms with Crippen LogP contribution in [0.2, 0.25) is 0 Å². The van der Waals surface area contributed by atoms with Crippen molar-refractivity contribution >= 4 is 81.1 Å². The first-order chi connectivity index (χ1) is 27.8. The highest BCUT2D eigenvalue weighted by Gasteiger charge is 2.23. The summed E-state index contributed by atoms with van der Waals surface area (Å²) in [4.78, 5) is 2.46. The van der Waals surface area contributed by atoms with Crippen LogP contribution in [0.1, 0.15) is 11.1 Å². The topological polar surface area (TPSA) is 8.17 Å². The first-order valence-electron chi connectivity index (χ1n) is 19.3. The molecule has 0 spiro atoms. The van der Waals surface area contributed by atoms with E-state index in [0.717, 1.165) is 17.8 Å². The summed E-state index contributed by atoms with van der Waals surface area (Å²) in [6, 6.07) is 71.6. The highest BCUT2D eigenvalue weighted by molar-refractivity contribution is 7.26. The van der Waals surface area contributed by atoms with Gasteiger partial charge < -0.3 is 9.47 Å². The van der Waals surface area contributed by atoms with Crippen LogP contribution in [0.25, 0.3) is 80.7 Å². The Morgan fingerprint density at radius 2 is 1.12 bits per heavy atom. The lowest BCUT2D eigenvalue weighted by atomic mass is 10.0. The summed E-state index contributed by atoms with van der Waals surface area (Å²) in [5, 5.41) is 7.76. The molecule has 262 valence electrons. The monoisotopic (exact) mass is 730 g/mol. The molecule has 1 aliphatic carbocycles. The smallest absolute Gasteiger partial charge is 0.0640 e. The number of fused-ring (bicyclic) bond motifs is 11. The Morgan fingerprint density at radius 1 is 0.446 bits per heavy atom. The van der Waals surface area contributed by atoms with E-state index in [0.29, 0.717) is 0 Å². The minimum absolute atomic E-state index is 0.959. The number of aromatic nitrogens is 1. The van der Waals surface area contributed by atoms with Gasteiger partial charge in [-0.15, -0.1) is 11.3 Å². The van der Waals surface area contributed by atoms with E-state index in [1.807, 2.05) is 11.3 Å². The molecule has 9 aromatic carbocycles. The van der Waals surface area contributed by atoms with Crippen LogP contribution in [0.5, 0.6) is 0 Å². The molecule has 0 bridgehead atoms. The van der Waals surface area contributed by atoms with Gasteiger partial charge in [0.25, 0.3) is 0 Å². The molecule has 0 amide bonds. The maximum atomic E-state index is 2.46. The van der Waals surface area contributed by atoms with Crippen LogP contribution in [0.4, 0.5) is 17.1 Å². The summed E-state index contributed by atoms with van der Waals surface area (Å²) in [6.07, 6.45) is 0.959. The predicted molar refractivity (Wildman–Crippen MR) is 240 cm³/mol. The Hall–Kier alpha value is -6.94. The van der Waals surface area contributed by atoms with Gasteiger partial charge in [-0.05, 0) is 111 Å². The third-order valence-corrected chi connectivity index (χ3v) is 13.0. The van der Waals surface area contributed by atoms with Crippen molar-refractivity contribution in [2.75, 3.05) is 4.90 Å². The van der Waals surface area contributed by atoms with E-state index >= 15 is 0 Å². The van der Waals surface area contributed by atoms with E-state index in [1.54, 1.807) is 0 Å². The van der Waals surface area contributed by atoms with E-state index in [1.165, 1.54) is 97.5 Å². The third kappa shape index (κ3) is 4.74. The summed E-state index contributed by atoms with van der Waals surface area (Å²) in [5.41, 5.74) is 15.0. The Balaban J connectivity index is 0.951. The Labute approximate surface area is 328 Å². The van der Waals surface area contributed by atoms with Gasteiger partial charge in [-0.25, -0.2) is 0 Å². The van der Waals surface area contributed by atoms with Crippen LogP contribution in [0.3, 0.4) is 0 Å². The first kappa shape index (κ1) is 31.4. The second-order valence-electron chi connectivity index (χ2n) is 14.9. The summed E-state index contributed by atoms with van der Waals surface area (Å²) in [5.74, 6) is 0. The fourth-order valence-electron chi connectivity index (χ4n) is 9.23. The molecular formula is C53H34N2S. The Kier molecular flexibility index (Phi) is 6.89. The average Bonchev–Trinajstić information content (AvgIpc) is 3.94. The number of nitrogens with zero attached hydrogens (tertiary/aromatic N) is 2. The number of anilines is 3. The number of thiophene rings is 1. The predicted octanol–water partition coefficient (Wildman–Crippen LogP) is 15.0. The van der Waals surface area contributed by atoms with Crippen molar-refractivity contribution in [3.8, 4) is 27.9 Å². The second-order valence-corrected chi connectivity index (χ2v) is 15.9. The molecule has 0 radical (unpaired) electrons. The van der Waals surface area contributed by atoms with Crippen LogP contribution in [-0.2, 0) is 6.42 Å². The highest BCUT2D eigenvalue weighted by Crippen LogP contribution is 2.47. The second kappa shape index (κ2) is 12.3. The van der Waals surface area contributed by atoms with Gasteiger partial charge in [0.15, 0.2) is 0 Å². The lowest BCUT2D eigenvalue weighted by Crippen LogP contribution is -2.10. The zero-order valence-corrected chi connectivity index (χ0v) is 31.3. The van der Waals surface area contributed by atoms with Gasteiger partial charge in [-0.1, -0.05) is 133 Å². The van der Waals surface area contributed by atoms with Crippen LogP contribution in [0.15, 0.2) is 194 Å². The molecule has 11 aromatic rings. The molecule has 56 heavy (non-hydrogen) atoms.